The van der Waals surface area contributed by atoms with Crippen LogP contribution in [0, 0.1) is 11.6 Å². The maximum Gasteiger partial charge on any atom is 0.286 e. The minimum atomic E-state index is -4.45. The molecule has 2 aromatic carbocycles. The number of hydrogen-bond acceptors (Lipinski definition) is 7. The second kappa shape index (κ2) is 8.92. The number of aromatic nitrogens is 1. The fraction of sp³-hybridized carbons (Fsp3) is 0.0833. The van der Waals surface area contributed by atoms with E-state index in [9.17, 15) is 35.5 Å². The summed E-state index contributed by atoms with van der Waals surface area (Å²) in [7, 11) is -8.13. The zero-order valence-corrected chi connectivity index (χ0v) is 21.1. The fourth-order valence-electron chi connectivity index (χ4n) is 4.15. The molecule has 0 radical (unpaired) electrons. The molecule has 1 aliphatic rings. The summed E-state index contributed by atoms with van der Waals surface area (Å²) in [6.07, 6.45) is 2.19. The molecule has 0 amide bonds. The van der Waals surface area contributed by atoms with Gasteiger partial charge in [0.1, 0.15) is 16.2 Å². The molecule has 5 rings (SSSR count). The van der Waals surface area contributed by atoms with E-state index < -0.39 is 54.4 Å². The van der Waals surface area contributed by atoms with Gasteiger partial charge in [-0.2, -0.15) is 8.42 Å². The summed E-state index contributed by atoms with van der Waals surface area (Å²) < 4.78 is 83.5. The van der Waals surface area contributed by atoms with Gasteiger partial charge in [0.25, 0.3) is 15.6 Å². The second-order valence-corrected chi connectivity index (χ2v) is 11.8. The first-order chi connectivity index (χ1) is 17.8. The van der Waals surface area contributed by atoms with Crippen molar-refractivity contribution < 1.29 is 30.7 Å². The van der Waals surface area contributed by atoms with Gasteiger partial charge in [0.2, 0.25) is 10.0 Å². The van der Waals surface area contributed by atoms with E-state index in [0.29, 0.717) is 0 Å². The number of benzene rings is 2. The number of sulfonamides is 2. The molecule has 0 spiro atoms. The van der Waals surface area contributed by atoms with Crippen LogP contribution < -0.4 is 15.6 Å². The summed E-state index contributed by atoms with van der Waals surface area (Å²) >= 11 is 0. The maximum absolute atomic E-state index is 13.8. The average molecular weight is 561 g/mol. The van der Waals surface area contributed by atoms with Crippen molar-refractivity contribution in [2.24, 2.45) is 4.40 Å². The van der Waals surface area contributed by atoms with E-state index in [4.69, 9.17) is 0 Å². The van der Waals surface area contributed by atoms with Crippen molar-refractivity contribution in [1.82, 2.24) is 4.40 Å². The van der Waals surface area contributed by atoms with Crippen LogP contribution in [0.15, 0.2) is 74.9 Å². The SMILES string of the molecule is CS(=O)(=O)Nc1ccc2c(c1)S(=O)(=O)N=C(c1c(O)c(Cc3ccc(F)c(F)c3)c3ccccn3c1=O)N2. The number of hydrogen-bond donors (Lipinski definition) is 3. The van der Waals surface area contributed by atoms with Gasteiger partial charge in [-0.25, -0.2) is 17.2 Å². The van der Waals surface area contributed by atoms with Gasteiger partial charge in [0, 0.05) is 23.9 Å². The van der Waals surface area contributed by atoms with Crippen molar-refractivity contribution in [3.05, 3.63) is 99.5 Å². The van der Waals surface area contributed by atoms with E-state index in [0.717, 1.165) is 24.5 Å². The topological polar surface area (TPSA) is 146 Å². The van der Waals surface area contributed by atoms with E-state index >= 15 is 0 Å². The molecule has 0 saturated heterocycles. The number of nitrogens with one attached hydrogen (secondary N) is 2. The molecule has 4 aromatic rings. The molecule has 0 fully saturated rings. The van der Waals surface area contributed by atoms with E-state index in [2.05, 4.69) is 14.4 Å². The molecule has 14 heteroatoms. The lowest BCUT2D eigenvalue weighted by atomic mass is 10.00. The fourth-order valence-corrected chi connectivity index (χ4v) is 5.85. The molecule has 0 unspecified atom stereocenters. The molecule has 2 aromatic heterocycles. The van der Waals surface area contributed by atoms with Crippen LogP contribution in [-0.4, -0.2) is 38.4 Å². The molecule has 0 bridgehead atoms. The summed E-state index contributed by atoms with van der Waals surface area (Å²) in [5, 5.41) is 13.9. The van der Waals surface area contributed by atoms with Crippen LogP contribution in [-0.2, 0) is 26.5 Å². The van der Waals surface area contributed by atoms with Crippen LogP contribution in [0.5, 0.6) is 5.75 Å². The Hall–Kier alpha value is -4.30. The van der Waals surface area contributed by atoms with Crippen LogP contribution in [0.25, 0.3) is 5.52 Å². The van der Waals surface area contributed by atoms with E-state index in [1.807, 2.05) is 0 Å². The highest BCUT2D eigenvalue weighted by Crippen LogP contribution is 2.34. The Labute approximate surface area is 215 Å². The predicted molar refractivity (Wildman–Crippen MR) is 137 cm³/mol. The standard InChI is InChI=1S/C24H18F2N4O6S2/c1-37(33,34)28-14-6-8-18-20(12-14)38(35,36)29-23(27-18)21-22(31)15(10-13-5-7-16(25)17(26)11-13)19-4-2-3-9-30(19)24(21)32/h2-9,11-12,28,31H,10H2,1H3,(H,27,29). The third kappa shape index (κ3) is 4.59. The number of rotatable bonds is 5. The smallest absolute Gasteiger partial charge is 0.286 e. The van der Waals surface area contributed by atoms with Crippen LogP contribution in [0.3, 0.4) is 0 Å². The summed E-state index contributed by atoms with van der Waals surface area (Å²) in [5.74, 6) is -3.20. The van der Waals surface area contributed by atoms with Gasteiger partial charge in [-0.05, 0) is 48.0 Å². The third-order valence-electron chi connectivity index (χ3n) is 5.75. The molecule has 196 valence electrons. The maximum atomic E-state index is 13.8. The number of halogens is 2. The van der Waals surface area contributed by atoms with E-state index in [1.54, 1.807) is 18.2 Å². The largest absolute Gasteiger partial charge is 0.507 e. The number of nitrogens with zero attached hydrogens (tertiary/aromatic N) is 2. The summed E-state index contributed by atoms with van der Waals surface area (Å²) in [6, 6.07) is 11.6. The van der Waals surface area contributed by atoms with Gasteiger partial charge >= 0.3 is 0 Å². The quantitative estimate of drug-likeness (QED) is 0.340. The van der Waals surface area contributed by atoms with Crippen molar-refractivity contribution in [1.29, 1.82) is 0 Å². The Morgan fingerprint density at radius 2 is 1.84 bits per heavy atom. The average Bonchev–Trinajstić information content (AvgIpc) is 2.83. The molecule has 10 nitrogen and oxygen atoms in total. The zero-order valence-electron chi connectivity index (χ0n) is 19.4. The molecule has 1 aliphatic heterocycles. The number of anilines is 2. The molecule has 0 aliphatic carbocycles. The second-order valence-electron chi connectivity index (χ2n) is 8.51. The number of amidine groups is 1. The Morgan fingerprint density at radius 1 is 1.08 bits per heavy atom. The van der Waals surface area contributed by atoms with Gasteiger partial charge in [0.05, 0.1) is 17.5 Å². The first kappa shape index (κ1) is 25.4. The van der Waals surface area contributed by atoms with Crippen LogP contribution in [0.1, 0.15) is 16.7 Å². The van der Waals surface area contributed by atoms with E-state index in [1.165, 1.54) is 28.8 Å². The van der Waals surface area contributed by atoms with Gasteiger partial charge < -0.3 is 10.4 Å². The van der Waals surface area contributed by atoms with Crippen LogP contribution in [0.2, 0.25) is 0 Å². The van der Waals surface area contributed by atoms with Gasteiger partial charge in [-0.15, -0.1) is 4.40 Å². The molecule has 3 heterocycles. The van der Waals surface area contributed by atoms with Gasteiger partial charge in [0.15, 0.2) is 17.5 Å². The monoisotopic (exact) mass is 560 g/mol. The molecule has 0 atom stereocenters. The molecular formula is C24H18F2N4O6S2. The first-order valence-electron chi connectivity index (χ1n) is 10.9. The van der Waals surface area contributed by atoms with E-state index in [-0.39, 0.29) is 39.3 Å². The summed E-state index contributed by atoms with van der Waals surface area (Å²) in [6.45, 7) is 0. The molecular weight excluding hydrogens is 542 g/mol. The van der Waals surface area contributed by atoms with Crippen LogP contribution in [0.4, 0.5) is 20.2 Å². The lowest BCUT2D eigenvalue weighted by Crippen LogP contribution is -2.31. The van der Waals surface area contributed by atoms with Crippen molar-refractivity contribution in [2.45, 2.75) is 11.3 Å². The van der Waals surface area contributed by atoms with Gasteiger partial charge in [-0.1, -0.05) is 12.1 Å². The van der Waals surface area contributed by atoms with Crippen LogP contribution >= 0.6 is 0 Å². The van der Waals surface area contributed by atoms with Gasteiger partial charge in [-0.3, -0.25) is 13.9 Å². The minimum absolute atomic E-state index is 0.00633. The highest BCUT2D eigenvalue weighted by molar-refractivity contribution is 7.92. The third-order valence-corrected chi connectivity index (χ3v) is 7.68. The molecule has 3 N–H and O–H groups in total. The number of aromatic hydroxyl groups is 1. The normalized spacial score (nSPS) is 14.4. The Kier molecular flexibility index (Phi) is 5.95. The summed E-state index contributed by atoms with van der Waals surface area (Å²) in [4.78, 5) is 13.0. The zero-order chi connectivity index (χ0) is 27.4. The molecule has 38 heavy (non-hydrogen) atoms. The van der Waals surface area contributed by atoms with Crippen molar-refractivity contribution in [2.75, 3.05) is 16.3 Å². The summed E-state index contributed by atoms with van der Waals surface area (Å²) in [5.41, 5.74) is -0.569. The van der Waals surface area contributed by atoms with Crippen molar-refractivity contribution >= 4 is 42.8 Å². The minimum Gasteiger partial charge on any atom is -0.507 e. The van der Waals surface area contributed by atoms with Crippen molar-refractivity contribution in [3.63, 3.8) is 0 Å². The van der Waals surface area contributed by atoms with Crippen molar-refractivity contribution in [3.8, 4) is 5.75 Å². The highest BCUT2D eigenvalue weighted by Gasteiger charge is 2.30. The Morgan fingerprint density at radius 3 is 2.55 bits per heavy atom. The number of fused-ring (bicyclic) bond motifs is 2. The Balaban J connectivity index is 1.68. The lowest BCUT2D eigenvalue weighted by Gasteiger charge is -2.21. The predicted octanol–water partition coefficient (Wildman–Crippen LogP) is 2.81. The Bertz CT molecular complexity index is 1960. The highest BCUT2D eigenvalue weighted by atomic mass is 32.2. The number of pyridine rings is 2. The molecule has 0 saturated carbocycles. The first-order valence-corrected chi connectivity index (χ1v) is 14.2. The lowest BCUT2D eigenvalue weighted by molar-refractivity contribution is 0.467.